The van der Waals surface area contributed by atoms with Crippen LogP contribution < -0.4 is 10.1 Å². The molecule has 1 aliphatic rings. The van der Waals surface area contributed by atoms with Crippen LogP contribution in [0.1, 0.15) is 42.4 Å². The van der Waals surface area contributed by atoms with Crippen LogP contribution in [0.4, 0.5) is 0 Å². The number of nitrogens with one attached hydrogen (secondary N) is 1. The number of hydrogen-bond acceptors (Lipinski definition) is 4. The highest BCUT2D eigenvalue weighted by molar-refractivity contribution is 5.78. The molecule has 0 aliphatic carbocycles. The van der Waals surface area contributed by atoms with Crippen molar-refractivity contribution in [2.75, 3.05) is 13.2 Å². The van der Waals surface area contributed by atoms with E-state index in [0.29, 0.717) is 26.0 Å². The molecule has 1 N–H and O–H groups in total. The number of carbonyl (C=O) groups excluding carboxylic acids is 1. The molecule has 0 unspecified atom stereocenters. The summed E-state index contributed by atoms with van der Waals surface area (Å²) in [6.07, 6.45) is 2.91. The van der Waals surface area contributed by atoms with E-state index in [1.54, 1.807) is 0 Å². The molecule has 5 heteroatoms. The van der Waals surface area contributed by atoms with Crippen molar-refractivity contribution in [2.24, 2.45) is 0 Å². The number of nitriles is 1. The van der Waals surface area contributed by atoms with E-state index in [4.69, 9.17) is 10.00 Å². The first-order valence-electron chi connectivity index (χ1n) is 9.90. The van der Waals surface area contributed by atoms with Crippen LogP contribution in [-0.2, 0) is 24.4 Å². The standard InChI is InChI=1S/C23H27N3O2/c24-12-3-4-14-28-22-10-5-7-19(15-22)16-25-17-20-8-1-2-9-21(20)18-26-13-6-11-23(26)27/h1-2,5,7-10,15,25H,3-4,6,11,13-14,16-18H2. The summed E-state index contributed by atoms with van der Waals surface area (Å²) in [5.74, 6) is 1.10. The summed E-state index contributed by atoms with van der Waals surface area (Å²) in [4.78, 5) is 13.9. The largest absolute Gasteiger partial charge is 0.494 e. The summed E-state index contributed by atoms with van der Waals surface area (Å²) in [7, 11) is 0. The second-order valence-corrected chi connectivity index (χ2v) is 7.05. The van der Waals surface area contributed by atoms with Crippen LogP contribution in [0.3, 0.4) is 0 Å². The summed E-state index contributed by atoms with van der Waals surface area (Å²) in [6, 6.07) is 18.5. The van der Waals surface area contributed by atoms with Gasteiger partial charge in [-0.25, -0.2) is 0 Å². The molecule has 1 heterocycles. The second kappa shape index (κ2) is 10.5. The first-order valence-corrected chi connectivity index (χ1v) is 9.90. The SMILES string of the molecule is N#CCCCOc1cccc(CNCc2ccccc2CN2CCCC2=O)c1. The highest BCUT2D eigenvalue weighted by Crippen LogP contribution is 2.18. The number of ether oxygens (including phenoxy) is 1. The van der Waals surface area contributed by atoms with Gasteiger partial charge < -0.3 is 15.0 Å². The highest BCUT2D eigenvalue weighted by Gasteiger charge is 2.20. The van der Waals surface area contributed by atoms with Crippen molar-refractivity contribution in [3.63, 3.8) is 0 Å². The third-order valence-corrected chi connectivity index (χ3v) is 4.90. The molecule has 0 spiro atoms. The molecule has 1 saturated heterocycles. The minimum atomic E-state index is 0.259. The van der Waals surface area contributed by atoms with Gasteiger partial charge in [-0.3, -0.25) is 4.79 Å². The van der Waals surface area contributed by atoms with E-state index in [-0.39, 0.29) is 5.91 Å². The van der Waals surface area contributed by atoms with Crippen molar-refractivity contribution >= 4 is 5.91 Å². The number of benzene rings is 2. The average molecular weight is 377 g/mol. The van der Waals surface area contributed by atoms with Crippen molar-refractivity contribution in [1.29, 1.82) is 5.26 Å². The van der Waals surface area contributed by atoms with E-state index in [1.165, 1.54) is 11.1 Å². The molecule has 0 bridgehead atoms. The van der Waals surface area contributed by atoms with Gasteiger partial charge in [0.2, 0.25) is 5.91 Å². The molecule has 0 atom stereocenters. The average Bonchev–Trinajstić information content (AvgIpc) is 3.11. The van der Waals surface area contributed by atoms with Crippen LogP contribution >= 0.6 is 0 Å². The molecule has 3 rings (SSSR count). The van der Waals surface area contributed by atoms with Crippen LogP contribution in [0.5, 0.6) is 5.75 Å². The maximum Gasteiger partial charge on any atom is 0.222 e. The van der Waals surface area contributed by atoms with E-state index in [2.05, 4.69) is 29.6 Å². The van der Waals surface area contributed by atoms with E-state index in [9.17, 15) is 4.79 Å². The Bertz CT molecular complexity index is 829. The van der Waals surface area contributed by atoms with Crippen molar-refractivity contribution in [1.82, 2.24) is 10.2 Å². The van der Waals surface area contributed by atoms with Gasteiger partial charge in [-0.15, -0.1) is 0 Å². The van der Waals surface area contributed by atoms with Gasteiger partial charge in [0.15, 0.2) is 0 Å². The molecule has 1 amide bonds. The van der Waals surface area contributed by atoms with Crippen molar-refractivity contribution in [2.45, 2.75) is 45.3 Å². The molecule has 5 nitrogen and oxygen atoms in total. The topological polar surface area (TPSA) is 65.4 Å². The first-order chi connectivity index (χ1) is 13.8. The Hall–Kier alpha value is -2.84. The molecule has 2 aromatic carbocycles. The van der Waals surface area contributed by atoms with Crippen LogP contribution in [0, 0.1) is 11.3 Å². The van der Waals surface area contributed by atoms with Crippen molar-refractivity contribution < 1.29 is 9.53 Å². The quantitative estimate of drug-likeness (QED) is 0.640. The molecular weight excluding hydrogens is 350 g/mol. The Morgan fingerprint density at radius 1 is 1.11 bits per heavy atom. The first kappa shape index (κ1) is 19.9. The van der Waals surface area contributed by atoms with Crippen molar-refractivity contribution in [3.05, 3.63) is 65.2 Å². The fourth-order valence-electron chi connectivity index (χ4n) is 3.39. The lowest BCUT2D eigenvalue weighted by molar-refractivity contribution is -0.128. The monoisotopic (exact) mass is 377 g/mol. The summed E-state index contributed by atoms with van der Waals surface area (Å²) < 4.78 is 5.70. The molecule has 28 heavy (non-hydrogen) atoms. The van der Waals surface area contributed by atoms with Gasteiger partial charge in [0.25, 0.3) is 0 Å². The number of hydrogen-bond donors (Lipinski definition) is 1. The maximum absolute atomic E-state index is 11.9. The number of likely N-dealkylation sites (tertiary alicyclic amines) is 1. The predicted octanol–water partition coefficient (Wildman–Crippen LogP) is 3.78. The predicted molar refractivity (Wildman–Crippen MR) is 108 cm³/mol. The molecule has 0 aromatic heterocycles. The van der Waals surface area contributed by atoms with E-state index in [1.807, 2.05) is 35.2 Å². The van der Waals surface area contributed by atoms with E-state index < -0.39 is 0 Å². The Kier molecular flexibility index (Phi) is 7.45. The van der Waals surface area contributed by atoms with Crippen LogP contribution in [0.15, 0.2) is 48.5 Å². The lowest BCUT2D eigenvalue weighted by Crippen LogP contribution is -2.25. The Morgan fingerprint density at radius 2 is 1.96 bits per heavy atom. The summed E-state index contributed by atoms with van der Waals surface area (Å²) in [6.45, 7) is 3.62. The normalized spacial score (nSPS) is 13.5. The molecule has 2 aromatic rings. The number of nitrogens with zero attached hydrogens (tertiary/aromatic N) is 2. The zero-order chi connectivity index (χ0) is 19.6. The van der Waals surface area contributed by atoms with Gasteiger partial charge in [-0.05, 0) is 41.7 Å². The van der Waals surface area contributed by atoms with E-state index >= 15 is 0 Å². The molecule has 0 radical (unpaired) electrons. The van der Waals surface area contributed by atoms with Gasteiger partial charge in [-0.2, -0.15) is 5.26 Å². The van der Waals surface area contributed by atoms with Gasteiger partial charge >= 0.3 is 0 Å². The third kappa shape index (κ3) is 5.83. The van der Waals surface area contributed by atoms with Gasteiger partial charge in [0.05, 0.1) is 12.7 Å². The molecular formula is C23H27N3O2. The minimum absolute atomic E-state index is 0.259. The molecule has 146 valence electrons. The smallest absolute Gasteiger partial charge is 0.222 e. The number of rotatable bonds is 10. The third-order valence-electron chi connectivity index (χ3n) is 4.90. The van der Waals surface area contributed by atoms with Gasteiger partial charge in [0.1, 0.15) is 5.75 Å². The fraction of sp³-hybridized carbons (Fsp3) is 0.391. The Balaban J connectivity index is 1.51. The molecule has 1 aliphatic heterocycles. The highest BCUT2D eigenvalue weighted by atomic mass is 16.5. The fourth-order valence-corrected chi connectivity index (χ4v) is 3.39. The summed E-state index contributed by atoms with van der Waals surface area (Å²) >= 11 is 0. The lowest BCUT2D eigenvalue weighted by atomic mass is 10.1. The summed E-state index contributed by atoms with van der Waals surface area (Å²) in [5, 5.41) is 12.1. The Labute approximate surface area is 166 Å². The number of unbranched alkanes of at least 4 members (excludes halogenated alkanes) is 1. The zero-order valence-corrected chi connectivity index (χ0v) is 16.2. The van der Waals surface area contributed by atoms with Crippen LogP contribution in [0.25, 0.3) is 0 Å². The van der Waals surface area contributed by atoms with Crippen LogP contribution in [0.2, 0.25) is 0 Å². The van der Waals surface area contributed by atoms with Crippen molar-refractivity contribution in [3.8, 4) is 11.8 Å². The lowest BCUT2D eigenvalue weighted by Gasteiger charge is -2.18. The Morgan fingerprint density at radius 3 is 2.75 bits per heavy atom. The maximum atomic E-state index is 11.9. The van der Waals surface area contributed by atoms with Gasteiger partial charge in [0, 0.05) is 39.0 Å². The van der Waals surface area contributed by atoms with Gasteiger partial charge in [-0.1, -0.05) is 36.4 Å². The number of amides is 1. The second-order valence-electron chi connectivity index (χ2n) is 7.05. The minimum Gasteiger partial charge on any atom is -0.494 e. The number of carbonyl (C=O) groups is 1. The molecule has 0 saturated carbocycles. The van der Waals surface area contributed by atoms with E-state index in [0.717, 1.165) is 43.8 Å². The summed E-state index contributed by atoms with van der Waals surface area (Å²) in [5.41, 5.74) is 3.59. The van der Waals surface area contributed by atoms with Crippen LogP contribution in [-0.4, -0.2) is 24.0 Å². The zero-order valence-electron chi connectivity index (χ0n) is 16.2. The molecule has 1 fully saturated rings.